The Bertz CT molecular complexity index is 1020. The highest BCUT2D eigenvalue weighted by molar-refractivity contribution is 5.74. The molecule has 9 nitrogen and oxygen atoms in total. The minimum atomic E-state index is -0.857. The summed E-state index contributed by atoms with van der Waals surface area (Å²) in [6.45, 7) is 1.38. The van der Waals surface area contributed by atoms with Crippen molar-refractivity contribution in [2.45, 2.75) is 19.6 Å². The van der Waals surface area contributed by atoms with E-state index in [1.54, 1.807) is 31.2 Å². The Morgan fingerprint density at radius 2 is 1.86 bits per heavy atom. The fraction of sp³-hybridized carbons (Fsp3) is 0.150. The largest absolute Gasteiger partial charge is 0.479 e. The van der Waals surface area contributed by atoms with Gasteiger partial charge in [0.1, 0.15) is 5.75 Å². The van der Waals surface area contributed by atoms with E-state index in [4.69, 9.17) is 20.5 Å². The molecule has 0 saturated carbocycles. The predicted octanol–water partition coefficient (Wildman–Crippen LogP) is 2.58. The van der Waals surface area contributed by atoms with Crippen molar-refractivity contribution in [2.75, 3.05) is 11.1 Å². The Labute approximate surface area is 167 Å². The summed E-state index contributed by atoms with van der Waals surface area (Å²) in [6, 6.07) is 17.7. The first-order valence-corrected chi connectivity index (χ1v) is 8.69. The number of benzene rings is 2. The van der Waals surface area contributed by atoms with Crippen LogP contribution >= 0.6 is 0 Å². The number of carbonyl (C=O) groups excluding carboxylic acids is 1. The molecule has 9 heteroatoms. The predicted molar refractivity (Wildman–Crippen MR) is 105 cm³/mol. The first kappa shape index (κ1) is 19.6. The number of nitrogens with one attached hydrogen (secondary N) is 1. The molecule has 0 aliphatic rings. The van der Waals surface area contributed by atoms with Crippen molar-refractivity contribution in [3.63, 3.8) is 0 Å². The van der Waals surface area contributed by atoms with Crippen molar-refractivity contribution in [1.29, 1.82) is 5.26 Å². The smallest absolute Gasteiger partial charge is 0.347 e. The molecule has 0 aliphatic carbocycles. The number of carbonyl (C=O) groups is 1. The second kappa shape index (κ2) is 9.14. The van der Waals surface area contributed by atoms with Gasteiger partial charge in [0.05, 0.1) is 11.6 Å². The minimum Gasteiger partial charge on any atom is -0.479 e. The average molecular weight is 390 g/mol. The van der Waals surface area contributed by atoms with Crippen LogP contribution in [0.5, 0.6) is 5.75 Å². The Morgan fingerprint density at radius 3 is 2.55 bits per heavy atom. The number of ether oxygens (including phenoxy) is 2. The van der Waals surface area contributed by atoms with Gasteiger partial charge in [-0.05, 0) is 43.3 Å². The summed E-state index contributed by atoms with van der Waals surface area (Å²) in [7, 11) is 0. The molecule has 3 rings (SSSR count). The molecule has 1 aromatic heterocycles. The molecular weight excluding hydrogens is 372 g/mol. The van der Waals surface area contributed by atoms with E-state index in [9.17, 15) is 4.79 Å². The van der Waals surface area contributed by atoms with Gasteiger partial charge in [-0.25, -0.2) is 4.79 Å². The standard InChI is InChI=1S/C20H18N6O3/c1-13(29-16-9-7-14(11-21)8-10-16)18(27)28-12-17-24-19(22)26-20(25-17)23-15-5-3-2-4-6-15/h2-10,13H,12H2,1H3,(H3,22,23,24,25,26)/t13-/m1/s1. The van der Waals surface area contributed by atoms with Gasteiger partial charge in [-0.2, -0.15) is 20.2 Å². The fourth-order valence-corrected chi connectivity index (χ4v) is 2.32. The summed E-state index contributed by atoms with van der Waals surface area (Å²) in [4.78, 5) is 24.4. The second-order valence-corrected chi connectivity index (χ2v) is 5.93. The van der Waals surface area contributed by atoms with Crippen LogP contribution in [0.4, 0.5) is 17.6 Å². The van der Waals surface area contributed by atoms with Gasteiger partial charge in [0.15, 0.2) is 18.5 Å². The van der Waals surface area contributed by atoms with Crippen molar-refractivity contribution in [3.8, 4) is 11.8 Å². The maximum Gasteiger partial charge on any atom is 0.347 e. The molecule has 3 aromatic rings. The number of aromatic nitrogens is 3. The van der Waals surface area contributed by atoms with Crippen molar-refractivity contribution in [2.24, 2.45) is 0 Å². The molecule has 0 amide bonds. The molecule has 0 saturated heterocycles. The van der Waals surface area contributed by atoms with Crippen LogP contribution in [0.15, 0.2) is 54.6 Å². The zero-order valence-electron chi connectivity index (χ0n) is 15.6. The number of nitrogen functional groups attached to an aromatic ring is 1. The Balaban J connectivity index is 1.58. The lowest BCUT2D eigenvalue weighted by Crippen LogP contribution is -2.26. The normalized spacial score (nSPS) is 11.2. The van der Waals surface area contributed by atoms with Gasteiger partial charge in [-0.3, -0.25) is 0 Å². The molecule has 2 aromatic carbocycles. The van der Waals surface area contributed by atoms with Crippen LogP contribution in [0, 0.1) is 11.3 Å². The number of anilines is 3. The van der Waals surface area contributed by atoms with Gasteiger partial charge in [-0.15, -0.1) is 0 Å². The third kappa shape index (κ3) is 5.64. The zero-order chi connectivity index (χ0) is 20.6. The summed E-state index contributed by atoms with van der Waals surface area (Å²) >= 11 is 0. The van der Waals surface area contributed by atoms with Crippen molar-refractivity contribution in [1.82, 2.24) is 15.0 Å². The average Bonchev–Trinajstić information content (AvgIpc) is 2.73. The third-order valence-corrected chi connectivity index (χ3v) is 3.70. The zero-order valence-corrected chi connectivity index (χ0v) is 15.6. The molecule has 0 bridgehead atoms. The van der Waals surface area contributed by atoms with E-state index < -0.39 is 12.1 Å². The first-order chi connectivity index (χ1) is 14.0. The van der Waals surface area contributed by atoms with Gasteiger partial charge >= 0.3 is 5.97 Å². The number of esters is 1. The highest BCUT2D eigenvalue weighted by Crippen LogP contribution is 2.15. The van der Waals surface area contributed by atoms with Gasteiger partial charge in [-0.1, -0.05) is 18.2 Å². The van der Waals surface area contributed by atoms with Gasteiger partial charge in [0.25, 0.3) is 0 Å². The fourth-order valence-electron chi connectivity index (χ4n) is 2.32. The molecule has 0 spiro atoms. The van der Waals surface area contributed by atoms with Gasteiger partial charge in [0, 0.05) is 5.69 Å². The van der Waals surface area contributed by atoms with Crippen LogP contribution in [-0.4, -0.2) is 27.0 Å². The van der Waals surface area contributed by atoms with E-state index >= 15 is 0 Å². The number of hydrogen-bond acceptors (Lipinski definition) is 9. The molecular formula is C20H18N6O3. The summed E-state index contributed by atoms with van der Waals surface area (Å²) in [5.41, 5.74) is 7.00. The Hall–Kier alpha value is -4.19. The summed E-state index contributed by atoms with van der Waals surface area (Å²) < 4.78 is 10.7. The summed E-state index contributed by atoms with van der Waals surface area (Å²) in [5, 5.41) is 11.8. The molecule has 0 radical (unpaired) electrons. The number of nitrogens with zero attached hydrogens (tertiary/aromatic N) is 4. The van der Waals surface area contributed by atoms with Crippen LogP contribution < -0.4 is 15.8 Å². The van der Waals surface area contributed by atoms with E-state index in [-0.39, 0.29) is 24.3 Å². The van der Waals surface area contributed by atoms with Gasteiger partial charge in [0.2, 0.25) is 11.9 Å². The van der Waals surface area contributed by atoms with Crippen molar-refractivity contribution < 1.29 is 14.3 Å². The Kier molecular flexibility index (Phi) is 6.17. The highest BCUT2D eigenvalue weighted by atomic mass is 16.6. The lowest BCUT2D eigenvalue weighted by Gasteiger charge is -2.14. The molecule has 29 heavy (non-hydrogen) atoms. The molecule has 146 valence electrons. The van der Waals surface area contributed by atoms with E-state index in [1.807, 2.05) is 36.4 Å². The lowest BCUT2D eigenvalue weighted by molar-refractivity contribution is -0.152. The van der Waals surface area contributed by atoms with Crippen LogP contribution in [-0.2, 0) is 16.1 Å². The van der Waals surface area contributed by atoms with Crippen LogP contribution in [0.1, 0.15) is 18.3 Å². The van der Waals surface area contributed by atoms with E-state index in [0.29, 0.717) is 11.3 Å². The van der Waals surface area contributed by atoms with E-state index in [2.05, 4.69) is 20.3 Å². The molecule has 0 aliphatic heterocycles. The van der Waals surface area contributed by atoms with E-state index in [1.165, 1.54) is 0 Å². The highest BCUT2D eigenvalue weighted by Gasteiger charge is 2.17. The number of hydrogen-bond donors (Lipinski definition) is 2. The number of rotatable bonds is 7. The molecule has 3 N–H and O–H groups in total. The molecule has 1 atom stereocenters. The van der Waals surface area contributed by atoms with Crippen molar-refractivity contribution >= 4 is 23.6 Å². The third-order valence-electron chi connectivity index (χ3n) is 3.70. The van der Waals surface area contributed by atoms with E-state index in [0.717, 1.165) is 5.69 Å². The van der Waals surface area contributed by atoms with Crippen LogP contribution in [0.2, 0.25) is 0 Å². The minimum absolute atomic E-state index is 0.00589. The molecule has 0 unspecified atom stereocenters. The maximum atomic E-state index is 12.2. The molecule has 1 heterocycles. The monoisotopic (exact) mass is 390 g/mol. The second-order valence-electron chi connectivity index (χ2n) is 5.93. The molecule has 0 fully saturated rings. The first-order valence-electron chi connectivity index (χ1n) is 8.69. The van der Waals surface area contributed by atoms with Crippen LogP contribution in [0.25, 0.3) is 0 Å². The maximum absolute atomic E-state index is 12.2. The summed E-state index contributed by atoms with van der Waals surface area (Å²) in [5.74, 6) is 0.316. The van der Waals surface area contributed by atoms with Crippen LogP contribution in [0.3, 0.4) is 0 Å². The van der Waals surface area contributed by atoms with Gasteiger partial charge < -0.3 is 20.5 Å². The number of para-hydroxylation sites is 1. The number of nitrogens with two attached hydrogens (primary N) is 1. The summed E-state index contributed by atoms with van der Waals surface area (Å²) in [6.07, 6.45) is -0.857. The lowest BCUT2D eigenvalue weighted by atomic mass is 10.2. The quantitative estimate of drug-likeness (QED) is 0.583. The van der Waals surface area contributed by atoms with Crippen molar-refractivity contribution in [3.05, 3.63) is 66.0 Å². The topological polar surface area (TPSA) is 136 Å². The Morgan fingerprint density at radius 1 is 1.14 bits per heavy atom. The SMILES string of the molecule is C[C@@H](Oc1ccc(C#N)cc1)C(=O)OCc1nc(N)nc(Nc2ccccc2)n1. The number of nitriles is 1.